The van der Waals surface area contributed by atoms with Crippen molar-refractivity contribution < 1.29 is 36.2 Å². The Morgan fingerprint density at radius 1 is 1.26 bits per heavy atom. The number of ether oxygens (including phenoxy) is 1. The quantitative estimate of drug-likeness (QED) is 0.660. The molecule has 0 fully saturated rings. The second-order valence-electron chi connectivity index (χ2n) is 5.92. The van der Waals surface area contributed by atoms with E-state index in [0.717, 1.165) is 23.1 Å². The Kier molecular flexibility index (Phi) is 6.47. The van der Waals surface area contributed by atoms with E-state index in [1.165, 1.54) is 13.3 Å². The maximum Gasteiger partial charge on any atom is 0.416 e. The molecular formula is C16H17F6N3O2. The predicted molar refractivity (Wildman–Crippen MR) is 81.0 cm³/mol. The fourth-order valence-electron chi connectivity index (χ4n) is 2.70. The van der Waals surface area contributed by atoms with Crippen LogP contribution in [-0.2, 0) is 16.9 Å². The fourth-order valence-corrected chi connectivity index (χ4v) is 2.70. The average Bonchev–Trinajstić information content (AvgIpc) is 3.07. The lowest BCUT2D eigenvalue weighted by Gasteiger charge is -2.36. The number of hydrogen-bond acceptors (Lipinski definition) is 4. The van der Waals surface area contributed by atoms with Crippen molar-refractivity contribution in [1.29, 1.82) is 0 Å². The Labute approximate surface area is 150 Å². The number of nitrogens with zero attached hydrogens (tertiary/aromatic N) is 3. The minimum atomic E-state index is -4.73. The van der Waals surface area contributed by atoms with Crippen molar-refractivity contribution in [3.05, 3.63) is 48.1 Å². The number of hydrogen-bond donors (Lipinski definition) is 1. The first-order chi connectivity index (χ1) is 12.6. The summed E-state index contributed by atoms with van der Waals surface area (Å²) >= 11 is 0. The average molecular weight is 397 g/mol. The van der Waals surface area contributed by atoms with E-state index in [1.54, 1.807) is 0 Å². The van der Waals surface area contributed by atoms with Crippen LogP contribution in [0.15, 0.2) is 30.9 Å². The molecule has 2 aromatic rings. The monoisotopic (exact) mass is 397 g/mol. The summed E-state index contributed by atoms with van der Waals surface area (Å²) in [5.41, 5.74) is -2.62. The van der Waals surface area contributed by atoms with Crippen LogP contribution in [0.5, 0.6) is 0 Å². The third kappa shape index (κ3) is 4.78. The lowest BCUT2D eigenvalue weighted by molar-refractivity contribution is -0.309. The second kappa shape index (κ2) is 8.26. The molecule has 5 nitrogen and oxygen atoms in total. The van der Waals surface area contributed by atoms with Crippen LogP contribution in [0.4, 0.5) is 26.3 Å². The van der Waals surface area contributed by atoms with Crippen molar-refractivity contribution >= 4 is 0 Å². The highest BCUT2D eigenvalue weighted by molar-refractivity contribution is 5.26. The summed E-state index contributed by atoms with van der Waals surface area (Å²) in [5.74, 6) is -3.28. The number of alkyl halides is 4. The third-order valence-corrected chi connectivity index (χ3v) is 4.17. The van der Waals surface area contributed by atoms with Crippen molar-refractivity contribution in [3.63, 3.8) is 0 Å². The summed E-state index contributed by atoms with van der Waals surface area (Å²) < 4.78 is 83.6. The largest absolute Gasteiger partial charge is 0.416 e. The molecule has 0 aliphatic heterocycles. The van der Waals surface area contributed by atoms with E-state index >= 15 is 0 Å². The maximum absolute atomic E-state index is 14.3. The van der Waals surface area contributed by atoms with Gasteiger partial charge in [0.2, 0.25) is 0 Å². The van der Waals surface area contributed by atoms with Gasteiger partial charge in [-0.15, -0.1) is 0 Å². The summed E-state index contributed by atoms with van der Waals surface area (Å²) in [6.07, 6.45) is -6.53. The van der Waals surface area contributed by atoms with Gasteiger partial charge >= 0.3 is 12.5 Å². The first kappa shape index (κ1) is 21.2. The molecule has 0 spiro atoms. The van der Waals surface area contributed by atoms with Crippen molar-refractivity contribution in [3.8, 4) is 0 Å². The van der Waals surface area contributed by atoms with E-state index in [2.05, 4.69) is 14.8 Å². The smallest absolute Gasteiger partial charge is 0.383 e. The van der Waals surface area contributed by atoms with Crippen LogP contribution in [0, 0.1) is 17.6 Å². The Bertz CT molecular complexity index is 744. The molecule has 0 bridgehead atoms. The van der Waals surface area contributed by atoms with Crippen LogP contribution in [0.3, 0.4) is 0 Å². The normalized spacial score (nSPS) is 15.7. The van der Waals surface area contributed by atoms with Gasteiger partial charge in [0.1, 0.15) is 29.9 Å². The molecule has 11 heteroatoms. The summed E-state index contributed by atoms with van der Waals surface area (Å²) in [6.45, 7) is 0.0236. The molecule has 0 saturated carbocycles. The number of rotatable bonds is 9. The van der Waals surface area contributed by atoms with E-state index in [4.69, 9.17) is 0 Å². The van der Waals surface area contributed by atoms with Gasteiger partial charge < -0.3 is 9.84 Å². The molecule has 2 rings (SSSR count). The van der Waals surface area contributed by atoms with Crippen LogP contribution in [0.1, 0.15) is 18.9 Å². The van der Waals surface area contributed by atoms with Crippen LogP contribution >= 0.6 is 0 Å². The summed E-state index contributed by atoms with van der Waals surface area (Å²) in [5, 5.41) is 14.9. The third-order valence-electron chi connectivity index (χ3n) is 4.17. The molecule has 0 aliphatic carbocycles. The summed E-state index contributed by atoms with van der Waals surface area (Å²) in [4.78, 5) is 3.67. The van der Waals surface area contributed by atoms with Crippen LogP contribution < -0.4 is 0 Å². The van der Waals surface area contributed by atoms with Gasteiger partial charge in [-0.25, -0.2) is 27.2 Å². The van der Waals surface area contributed by atoms with Gasteiger partial charge in [-0.1, -0.05) is 13.0 Å². The zero-order chi connectivity index (χ0) is 20.2. The van der Waals surface area contributed by atoms with Crippen molar-refractivity contribution in [2.24, 2.45) is 5.92 Å². The number of halogens is 6. The van der Waals surface area contributed by atoms with E-state index < -0.39 is 54.4 Å². The lowest BCUT2D eigenvalue weighted by atomic mass is 9.79. The fraction of sp³-hybridized carbons (Fsp3) is 0.500. The topological polar surface area (TPSA) is 60.2 Å². The molecule has 0 radical (unpaired) electrons. The Hall–Kier alpha value is -2.14. The van der Waals surface area contributed by atoms with E-state index in [1.807, 2.05) is 0 Å². The molecule has 1 aromatic heterocycles. The standard InChI is InChI=1S/C16H17F6N3O2/c1-2-10(6-27-16(21,22)14(19)20)15(26,7-25-9-23-8-24-25)12-4-3-11(17)5-13(12)18/h3-5,8-10,14,26H,2,6-7H2,1H3/t10-,15+/m0/s1. The SMILES string of the molecule is CC[C@@H](COC(F)(F)C(F)F)[C@](O)(Cn1cncn1)c1ccc(F)cc1F. The van der Waals surface area contributed by atoms with Gasteiger partial charge in [-0.3, -0.25) is 0 Å². The molecule has 1 heterocycles. The van der Waals surface area contributed by atoms with E-state index in [9.17, 15) is 31.4 Å². The van der Waals surface area contributed by atoms with Crippen LogP contribution in [0.2, 0.25) is 0 Å². The Morgan fingerprint density at radius 3 is 2.48 bits per heavy atom. The van der Waals surface area contributed by atoms with Crippen molar-refractivity contribution in [1.82, 2.24) is 14.8 Å². The van der Waals surface area contributed by atoms with Gasteiger partial charge in [0, 0.05) is 17.5 Å². The van der Waals surface area contributed by atoms with Crippen LogP contribution in [0.25, 0.3) is 0 Å². The van der Waals surface area contributed by atoms with Gasteiger partial charge in [0.25, 0.3) is 0 Å². The molecule has 0 aliphatic rings. The maximum atomic E-state index is 14.3. The molecule has 150 valence electrons. The lowest BCUT2D eigenvalue weighted by Crippen LogP contribution is -2.44. The first-order valence-corrected chi connectivity index (χ1v) is 7.90. The zero-order valence-corrected chi connectivity index (χ0v) is 14.1. The molecule has 2 atom stereocenters. The van der Waals surface area contributed by atoms with E-state index in [0.29, 0.717) is 6.07 Å². The second-order valence-corrected chi connectivity index (χ2v) is 5.92. The highest BCUT2D eigenvalue weighted by atomic mass is 19.3. The Balaban J connectivity index is 2.40. The summed E-state index contributed by atoms with van der Waals surface area (Å²) in [6, 6.07) is 2.35. The highest BCUT2D eigenvalue weighted by Gasteiger charge is 2.46. The van der Waals surface area contributed by atoms with Crippen LogP contribution in [-0.4, -0.2) is 39.0 Å². The molecule has 1 N–H and O–H groups in total. The molecule has 27 heavy (non-hydrogen) atoms. The molecular weight excluding hydrogens is 380 g/mol. The number of aromatic nitrogens is 3. The highest BCUT2D eigenvalue weighted by Crippen LogP contribution is 2.37. The van der Waals surface area contributed by atoms with Gasteiger partial charge in [-0.2, -0.15) is 13.9 Å². The van der Waals surface area contributed by atoms with Crippen molar-refractivity contribution in [2.45, 2.75) is 38.0 Å². The molecule has 0 saturated heterocycles. The molecule has 1 aromatic carbocycles. The zero-order valence-electron chi connectivity index (χ0n) is 14.1. The van der Waals surface area contributed by atoms with Gasteiger partial charge in [0.05, 0.1) is 13.2 Å². The predicted octanol–water partition coefficient (Wildman–Crippen LogP) is 3.34. The first-order valence-electron chi connectivity index (χ1n) is 7.90. The van der Waals surface area contributed by atoms with Crippen molar-refractivity contribution in [2.75, 3.05) is 6.61 Å². The van der Waals surface area contributed by atoms with Gasteiger partial charge in [-0.05, 0) is 12.5 Å². The Morgan fingerprint density at radius 2 is 1.96 bits per heavy atom. The summed E-state index contributed by atoms with van der Waals surface area (Å²) in [7, 11) is 0. The minimum absolute atomic E-state index is 0.0403. The number of benzene rings is 1. The van der Waals surface area contributed by atoms with E-state index in [-0.39, 0.29) is 6.42 Å². The number of aliphatic hydroxyl groups is 1. The molecule has 0 amide bonds. The van der Waals surface area contributed by atoms with Gasteiger partial charge in [0.15, 0.2) is 0 Å². The minimum Gasteiger partial charge on any atom is -0.383 e. The molecule has 0 unspecified atom stereocenters.